The average Bonchev–Trinajstić information content (AvgIpc) is 2.79. The predicted octanol–water partition coefficient (Wildman–Crippen LogP) is 3.13. The number of likely N-dealkylation sites (tertiary alicyclic amines) is 1. The number of benzene rings is 1. The van der Waals surface area contributed by atoms with Crippen LogP contribution in [0.5, 0.6) is 5.75 Å². The van der Waals surface area contributed by atoms with E-state index >= 15 is 0 Å². The molecule has 2 rings (SSSR count). The van der Waals surface area contributed by atoms with Gasteiger partial charge in [0, 0.05) is 25.9 Å². The maximum absolute atomic E-state index is 12.8. The molecule has 0 radical (unpaired) electrons. The maximum atomic E-state index is 12.8. The van der Waals surface area contributed by atoms with Gasteiger partial charge in [0.25, 0.3) is 5.91 Å². The van der Waals surface area contributed by atoms with Gasteiger partial charge in [0.2, 0.25) is 0 Å². The highest BCUT2D eigenvalue weighted by molar-refractivity contribution is 5.86. The quantitative estimate of drug-likeness (QED) is 0.794. The number of carbonyl (C=O) groups excluding carboxylic acids is 2. The first-order chi connectivity index (χ1) is 11.3. The summed E-state index contributed by atoms with van der Waals surface area (Å²) in [6.45, 7) is 6.00. The number of methoxy groups -OCH3 is 1. The van der Waals surface area contributed by atoms with Gasteiger partial charge in [0.05, 0.1) is 7.11 Å². The zero-order valence-corrected chi connectivity index (χ0v) is 15.0. The van der Waals surface area contributed by atoms with Crippen molar-refractivity contribution in [1.82, 2.24) is 4.90 Å². The minimum Gasteiger partial charge on any atom is -0.497 e. The van der Waals surface area contributed by atoms with Crippen LogP contribution in [-0.4, -0.2) is 42.6 Å². The third kappa shape index (κ3) is 4.49. The molecule has 1 aliphatic rings. The minimum atomic E-state index is -1.12. The molecule has 1 aromatic rings. The zero-order chi connectivity index (χ0) is 17.7. The van der Waals surface area contributed by atoms with Crippen LogP contribution in [0.25, 0.3) is 0 Å². The summed E-state index contributed by atoms with van der Waals surface area (Å²) < 4.78 is 10.4. The second-order valence-electron chi connectivity index (χ2n) is 6.82. The third-order valence-electron chi connectivity index (χ3n) is 4.46. The Labute approximate surface area is 143 Å². The molecule has 132 valence electrons. The van der Waals surface area contributed by atoms with Crippen molar-refractivity contribution in [2.45, 2.75) is 51.6 Å². The SMILES string of the molecule is COc1ccc([C@@H]2CCCCN(C(=O)C(C)(C)OC(C)=O)C2)cc1. The number of rotatable bonds is 4. The average molecular weight is 333 g/mol. The molecule has 24 heavy (non-hydrogen) atoms. The van der Waals surface area contributed by atoms with E-state index in [1.54, 1.807) is 21.0 Å². The van der Waals surface area contributed by atoms with E-state index in [4.69, 9.17) is 9.47 Å². The molecule has 1 atom stereocenters. The van der Waals surface area contributed by atoms with Gasteiger partial charge in [0.15, 0.2) is 5.60 Å². The largest absolute Gasteiger partial charge is 0.497 e. The molecule has 1 amide bonds. The summed E-state index contributed by atoms with van der Waals surface area (Å²) in [7, 11) is 1.65. The van der Waals surface area contributed by atoms with Crippen molar-refractivity contribution in [2.75, 3.05) is 20.2 Å². The van der Waals surface area contributed by atoms with E-state index in [0.29, 0.717) is 13.1 Å². The molecule has 5 nitrogen and oxygen atoms in total. The van der Waals surface area contributed by atoms with E-state index in [2.05, 4.69) is 12.1 Å². The standard InChI is InChI=1S/C19H27NO4/c1-14(21)24-19(2,3)18(22)20-12-6-5-7-16(13-20)15-8-10-17(23-4)11-9-15/h8-11,16H,5-7,12-13H2,1-4H3/t16-/m1/s1. The Bertz CT molecular complexity index is 580. The Kier molecular flexibility index (Phi) is 5.86. The topological polar surface area (TPSA) is 55.8 Å². The normalized spacial score (nSPS) is 18.7. The minimum absolute atomic E-state index is 0.127. The lowest BCUT2D eigenvalue weighted by molar-refractivity contribution is -0.168. The van der Waals surface area contributed by atoms with Gasteiger partial charge < -0.3 is 14.4 Å². The van der Waals surface area contributed by atoms with Crippen LogP contribution in [0.4, 0.5) is 0 Å². The Morgan fingerprint density at radius 3 is 2.42 bits per heavy atom. The lowest BCUT2D eigenvalue weighted by Crippen LogP contribution is -2.48. The van der Waals surface area contributed by atoms with Gasteiger partial charge in [-0.1, -0.05) is 18.6 Å². The zero-order valence-electron chi connectivity index (χ0n) is 15.0. The molecule has 0 aromatic heterocycles. The van der Waals surface area contributed by atoms with Crippen molar-refractivity contribution in [3.8, 4) is 5.75 Å². The number of hydrogen-bond donors (Lipinski definition) is 0. The fourth-order valence-electron chi connectivity index (χ4n) is 3.26. The van der Waals surface area contributed by atoms with Crippen LogP contribution in [0.2, 0.25) is 0 Å². The Balaban J connectivity index is 2.13. The van der Waals surface area contributed by atoms with Gasteiger partial charge in [0.1, 0.15) is 5.75 Å². The van der Waals surface area contributed by atoms with Gasteiger partial charge in [-0.15, -0.1) is 0 Å². The molecule has 1 aliphatic heterocycles. The monoisotopic (exact) mass is 333 g/mol. The van der Waals surface area contributed by atoms with Gasteiger partial charge in [-0.3, -0.25) is 9.59 Å². The first-order valence-electron chi connectivity index (χ1n) is 8.46. The molecule has 0 bridgehead atoms. The van der Waals surface area contributed by atoms with Gasteiger partial charge in [-0.2, -0.15) is 0 Å². The summed E-state index contributed by atoms with van der Waals surface area (Å²) in [5.74, 6) is 0.555. The van der Waals surface area contributed by atoms with Gasteiger partial charge in [-0.25, -0.2) is 0 Å². The molecule has 1 fully saturated rings. The summed E-state index contributed by atoms with van der Waals surface area (Å²) in [6.07, 6.45) is 3.09. The first-order valence-corrected chi connectivity index (χ1v) is 8.46. The lowest BCUT2D eigenvalue weighted by atomic mass is 9.94. The van der Waals surface area contributed by atoms with Crippen LogP contribution < -0.4 is 4.74 Å². The maximum Gasteiger partial charge on any atom is 0.303 e. The van der Waals surface area contributed by atoms with E-state index < -0.39 is 11.6 Å². The Morgan fingerprint density at radius 2 is 1.83 bits per heavy atom. The summed E-state index contributed by atoms with van der Waals surface area (Å²) in [5, 5.41) is 0. The van der Waals surface area contributed by atoms with E-state index in [1.807, 2.05) is 17.0 Å². The summed E-state index contributed by atoms with van der Waals surface area (Å²) in [5.41, 5.74) is 0.0847. The Hall–Kier alpha value is -2.04. The summed E-state index contributed by atoms with van der Waals surface area (Å²) in [4.78, 5) is 25.9. The second kappa shape index (κ2) is 7.69. The molecule has 0 aliphatic carbocycles. The fourth-order valence-corrected chi connectivity index (χ4v) is 3.26. The van der Waals surface area contributed by atoms with Crippen LogP contribution in [0.3, 0.4) is 0 Å². The first kappa shape index (κ1) is 18.3. The molecular formula is C19H27NO4. The van der Waals surface area contributed by atoms with Crippen molar-refractivity contribution in [3.63, 3.8) is 0 Å². The van der Waals surface area contributed by atoms with E-state index in [-0.39, 0.29) is 11.8 Å². The van der Waals surface area contributed by atoms with Crippen LogP contribution in [0, 0.1) is 0 Å². The number of nitrogens with zero attached hydrogens (tertiary/aromatic N) is 1. The highest BCUT2D eigenvalue weighted by atomic mass is 16.6. The molecule has 0 N–H and O–H groups in total. The fraction of sp³-hybridized carbons (Fsp3) is 0.579. The van der Waals surface area contributed by atoms with Crippen molar-refractivity contribution < 1.29 is 19.1 Å². The predicted molar refractivity (Wildman–Crippen MR) is 92.0 cm³/mol. The molecule has 0 spiro atoms. The van der Waals surface area contributed by atoms with Gasteiger partial charge in [-0.05, 0) is 44.4 Å². The molecule has 1 heterocycles. The highest BCUT2D eigenvalue weighted by Crippen LogP contribution is 2.29. The smallest absolute Gasteiger partial charge is 0.303 e. The van der Waals surface area contributed by atoms with Crippen molar-refractivity contribution >= 4 is 11.9 Å². The number of hydrogen-bond acceptors (Lipinski definition) is 4. The number of carbonyl (C=O) groups is 2. The molecule has 1 aromatic carbocycles. The van der Waals surface area contributed by atoms with E-state index in [0.717, 1.165) is 25.0 Å². The molecular weight excluding hydrogens is 306 g/mol. The van der Waals surface area contributed by atoms with Crippen LogP contribution in [0.15, 0.2) is 24.3 Å². The molecule has 0 saturated carbocycles. The van der Waals surface area contributed by atoms with Crippen LogP contribution >= 0.6 is 0 Å². The lowest BCUT2D eigenvalue weighted by Gasteiger charge is -2.32. The number of ether oxygens (including phenoxy) is 2. The van der Waals surface area contributed by atoms with Gasteiger partial charge >= 0.3 is 5.97 Å². The summed E-state index contributed by atoms with van der Waals surface area (Å²) >= 11 is 0. The third-order valence-corrected chi connectivity index (χ3v) is 4.46. The molecule has 5 heteroatoms. The van der Waals surface area contributed by atoms with Crippen LogP contribution in [-0.2, 0) is 14.3 Å². The number of esters is 1. The van der Waals surface area contributed by atoms with Crippen molar-refractivity contribution in [1.29, 1.82) is 0 Å². The number of amides is 1. The highest BCUT2D eigenvalue weighted by Gasteiger charge is 2.36. The summed E-state index contributed by atoms with van der Waals surface area (Å²) in [6, 6.07) is 8.04. The van der Waals surface area contributed by atoms with Crippen molar-refractivity contribution in [3.05, 3.63) is 29.8 Å². The van der Waals surface area contributed by atoms with Crippen molar-refractivity contribution in [2.24, 2.45) is 0 Å². The second-order valence-corrected chi connectivity index (χ2v) is 6.82. The van der Waals surface area contributed by atoms with Crippen LogP contribution in [0.1, 0.15) is 51.5 Å². The van der Waals surface area contributed by atoms with E-state index in [1.165, 1.54) is 12.5 Å². The Morgan fingerprint density at radius 1 is 1.17 bits per heavy atom. The molecule has 1 saturated heterocycles. The molecule has 0 unspecified atom stereocenters. The van der Waals surface area contributed by atoms with E-state index in [9.17, 15) is 9.59 Å².